The number of hydrogen-bond donors (Lipinski definition) is 0. The Morgan fingerprint density at radius 3 is 2.35 bits per heavy atom. The summed E-state index contributed by atoms with van der Waals surface area (Å²) in [5.74, 6) is 0.575. The molecule has 1 aromatic heterocycles. The first-order chi connectivity index (χ1) is 9.62. The van der Waals surface area contributed by atoms with Gasteiger partial charge >= 0.3 is 8.80 Å². The van der Waals surface area contributed by atoms with Crippen molar-refractivity contribution in [3.8, 4) is 0 Å². The average molecular weight is 298 g/mol. The first-order valence-corrected chi connectivity index (χ1v) is 9.19. The highest BCUT2D eigenvalue weighted by Gasteiger charge is 2.37. The Morgan fingerprint density at radius 1 is 1.15 bits per heavy atom. The predicted octanol–water partition coefficient (Wildman–Crippen LogP) is 2.76. The first kappa shape index (κ1) is 17.3. The smallest absolute Gasteiger partial charge is 0.377 e. The van der Waals surface area contributed by atoms with Crippen LogP contribution >= 0.6 is 0 Å². The highest BCUT2D eigenvalue weighted by molar-refractivity contribution is 6.60. The molecule has 1 heterocycles. The summed E-state index contributed by atoms with van der Waals surface area (Å²) in [6, 6.07) is 7.23. The van der Waals surface area contributed by atoms with Gasteiger partial charge in [0.1, 0.15) is 6.54 Å². The number of aromatic nitrogens is 1. The summed E-state index contributed by atoms with van der Waals surface area (Å²) in [4.78, 5) is 0. The lowest BCUT2D eigenvalue weighted by molar-refractivity contribution is -0.705. The minimum absolute atomic E-state index is 0.575. The SMILES string of the molecule is CCC(C)c1cccc[n+]1CCC[Si](OC)(OC)OC. The lowest BCUT2D eigenvalue weighted by Gasteiger charge is -2.23. The van der Waals surface area contributed by atoms with Crippen molar-refractivity contribution in [2.75, 3.05) is 21.3 Å². The molecule has 0 spiro atoms. The van der Waals surface area contributed by atoms with E-state index < -0.39 is 8.80 Å². The average Bonchev–Trinajstić information content (AvgIpc) is 2.52. The van der Waals surface area contributed by atoms with Crippen molar-refractivity contribution in [1.29, 1.82) is 0 Å². The largest absolute Gasteiger partial charge is 0.500 e. The highest BCUT2D eigenvalue weighted by Crippen LogP contribution is 2.17. The van der Waals surface area contributed by atoms with Gasteiger partial charge in [0.2, 0.25) is 0 Å². The van der Waals surface area contributed by atoms with Crippen molar-refractivity contribution < 1.29 is 17.8 Å². The Labute approximate surface area is 124 Å². The molecule has 0 N–H and O–H groups in total. The van der Waals surface area contributed by atoms with E-state index in [-0.39, 0.29) is 0 Å². The minimum atomic E-state index is -2.44. The summed E-state index contributed by atoms with van der Waals surface area (Å²) in [6.45, 7) is 5.45. The highest BCUT2D eigenvalue weighted by atomic mass is 28.4. The van der Waals surface area contributed by atoms with Crippen LogP contribution < -0.4 is 4.57 Å². The van der Waals surface area contributed by atoms with Crippen LogP contribution in [0.5, 0.6) is 0 Å². The molecule has 0 saturated heterocycles. The maximum absolute atomic E-state index is 5.46. The maximum Gasteiger partial charge on any atom is 0.500 e. The van der Waals surface area contributed by atoms with Crippen LogP contribution in [-0.4, -0.2) is 30.1 Å². The zero-order valence-corrected chi connectivity index (χ0v) is 14.4. The number of hydrogen-bond acceptors (Lipinski definition) is 3. The lowest BCUT2D eigenvalue weighted by atomic mass is 10.0. The first-order valence-electron chi connectivity index (χ1n) is 7.26. The fraction of sp³-hybridized carbons (Fsp3) is 0.667. The summed E-state index contributed by atoms with van der Waals surface area (Å²) in [7, 11) is 2.56. The van der Waals surface area contributed by atoms with E-state index in [1.165, 1.54) is 5.69 Å². The van der Waals surface area contributed by atoms with E-state index in [9.17, 15) is 0 Å². The van der Waals surface area contributed by atoms with E-state index >= 15 is 0 Å². The second kappa shape index (κ2) is 8.52. The van der Waals surface area contributed by atoms with E-state index in [1.54, 1.807) is 21.3 Å². The molecule has 0 bridgehead atoms. The molecule has 1 unspecified atom stereocenters. The number of rotatable bonds is 9. The van der Waals surface area contributed by atoms with Crippen molar-refractivity contribution >= 4 is 8.80 Å². The number of nitrogens with zero attached hydrogens (tertiary/aromatic N) is 1. The lowest BCUT2D eigenvalue weighted by Crippen LogP contribution is -2.45. The zero-order valence-electron chi connectivity index (χ0n) is 13.4. The monoisotopic (exact) mass is 298 g/mol. The number of aryl methyl sites for hydroxylation is 1. The van der Waals surface area contributed by atoms with Crippen LogP contribution in [0.15, 0.2) is 24.4 Å². The second-order valence-corrected chi connectivity index (χ2v) is 8.12. The molecule has 1 aromatic rings. The molecule has 4 nitrogen and oxygen atoms in total. The summed E-state index contributed by atoms with van der Waals surface area (Å²) in [5, 5.41) is 0. The molecule has 0 aliphatic rings. The molecule has 20 heavy (non-hydrogen) atoms. The molecule has 0 aliphatic heterocycles. The summed E-state index contributed by atoms with van der Waals surface area (Å²) in [6.07, 6.45) is 4.29. The molecule has 114 valence electrons. The Hall–Kier alpha value is -0.753. The van der Waals surface area contributed by atoms with Crippen molar-refractivity contribution in [1.82, 2.24) is 0 Å². The summed E-state index contributed by atoms with van der Waals surface area (Å²) < 4.78 is 18.7. The third-order valence-corrected chi connectivity index (χ3v) is 6.74. The zero-order chi connectivity index (χ0) is 15.0. The molecule has 0 amide bonds. The van der Waals surface area contributed by atoms with Crippen molar-refractivity contribution in [3.05, 3.63) is 30.1 Å². The van der Waals surface area contributed by atoms with Crippen LogP contribution in [0, 0.1) is 0 Å². The van der Waals surface area contributed by atoms with Gasteiger partial charge in [-0.25, -0.2) is 4.57 Å². The molecule has 0 aliphatic carbocycles. The molecular weight excluding hydrogens is 270 g/mol. The van der Waals surface area contributed by atoms with Crippen LogP contribution in [0.3, 0.4) is 0 Å². The fourth-order valence-corrected chi connectivity index (χ4v) is 4.08. The molecule has 0 fully saturated rings. The number of pyridine rings is 1. The molecule has 1 atom stereocenters. The minimum Gasteiger partial charge on any atom is -0.377 e. The van der Waals surface area contributed by atoms with Gasteiger partial charge in [0.15, 0.2) is 11.9 Å². The molecule has 1 rings (SSSR count). The van der Waals surface area contributed by atoms with Crippen molar-refractivity contribution in [2.45, 2.75) is 45.2 Å². The van der Waals surface area contributed by atoms with Gasteiger partial charge in [-0.15, -0.1) is 0 Å². The van der Waals surface area contributed by atoms with Gasteiger partial charge in [-0.1, -0.05) is 19.9 Å². The van der Waals surface area contributed by atoms with E-state index in [4.69, 9.17) is 13.3 Å². The van der Waals surface area contributed by atoms with Crippen LogP contribution in [0.4, 0.5) is 0 Å². The fourth-order valence-electron chi connectivity index (χ4n) is 2.37. The Bertz CT molecular complexity index is 388. The van der Waals surface area contributed by atoms with E-state index in [2.05, 4.69) is 42.8 Å². The molecule has 5 heteroatoms. The van der Waals surface area contributed by atoms with Gasteiger partial charge in [-0.2, -0.15) is 0 Å². The van der Waals surface area contributed by atoms with Crippen LogP contribution in [-0.2, 0) is 19.8 Å². The van der Waals surface area contributed by atoms with Crippen LogP contribution in [0.2, 0.25) is 6.04 Å². The van der Waals surface area contributed by atoms with Crippen molar-refractivity contribution in [2.24, 2.45) is 0 Å². The van der Waals surface area contributed by atoms with Gasteiger partial charge in [-0.3, -0.25) is 0 Å². The standard InChI is InChI=1S/C15H28NO3Si/c1-6-14(2)15-10-7-8-11-16(15)12-9-13-20(17-3,18-4)19-5/h7-8,10-11,14H,6,9,12-13H2,1-5H3/q+1. The second-order valence-electron chi connectivity index (χ2n) is 5.03. The Kier molecular flexibility index (Phi) is 7.37. The van der Waals surface area contributed by atoms with Crippen LogP contribution in [0.25, 0.3) is 0 Å². The maximum atomic E-state index is 5.46. The van der Waals surface area contributed by atoms with Gasteiger partial charge in [0.05, 0.1) is 0 Å². The Morgan fingerprint density at radius 2 is 1.80 bits per heavy atom. The topological polar surface area (TPSA) is 31.6 Å². The molecule has 0 aromatic carbocycles. The predicted molar refractivity (Wildman–Crippen MR) is 81.5 cm³/mol. The quantitative estimate of drug-likeness (QED) is 0.519. The molecular formula is C15H28NO3Si+. The Balaban J connectivity index is 2.66. The molecule has 0 saturated carbocycles. The summed E-state index contributed by atoms with van der Waals surface area (Å²) in [5.41, 5.74) is 1.38. The van der Waals surface area contributed by atoms with Gasteiger partial charge < -0.3 is 13.3 Å². The van der Waals surface area contributed by atoms with E-state index in [1.807, 2.05) is 0 Å². The van der Waals surface area contributed by atoms with E-state index in [0.29, 0.717) is 5.92 Å². The normalized spacial score (nSPS) is 13.4. The van der Waals surface area contributed by atoms with Gasteiger partial charge in [0.25, 0.3) is 0 Å². The van der Waals surface area contributed by atoms with Crippen LogP contribution in [0.1, 0.15) is 38.3 Å². The van der Waals surface area contributed by atoms with Gasteiger partial charge in [0, 0.05) is 51.8 Å². The van der Waals surface area contributed by atoms with Crippen molar-refractivity contribution in [3.63, 3.8) is 0 Å². The molecule has 0 radical (unpaired) electrons. The van der Waals surface area contributed by atoms with E-state index in [0.717, 1.165) is 25.4 Å². The van der Waals surface area contributed by atoms with Gasteiger partial charge in [-0.05, 0) is 6.42 Å². The third-order valence-electron chi connectivity index (χ3n) is 3.91. The summed E-state index contributed by atoms with van der Waals surface area (Å²) >= 11 is 0. The third kappa shape index (κ3) is 4.38.